The van der Waals surface area contributed by atoms with Crippen LogP contribution in [0.1, 0.15) is 26.7 Å². The first kappa shape index (κ1) is 12.6. The van der Waals surface area contributed by atoms with E-state index in [4.69, 9.17) is 14.2 Å². The molecule has 96 valence electrons. The SMILES string of the molecule is C=C1C[C@@H]([C@H]2COC(C)(C)O2)[C@@H](C(=O)OC)C1. The number of hydrogen-bond acceptors (Lipinski definition) is 4. The van der Waals surface area contributed by atoms with Crippen molar-refractivity contribution >= 4 is 5.97 Å². The van der Waals surface area contributed by atoms with Crippen molar-refractivity contribution in [2.75, 3.05) is 13.7 Å². The van der Waals surface area contributed by atoms with E-state index in [1.165, 1.54) is 7.11 Å². The highest BCUT2D eigenvalue weighted by Crippen LogP contribution is 2.42. The lowest BCUT2D eigenvalue weighted by Gasteiger charge is -2.24. The Hall–Kier alpha value is -0.870. The van der Waals surface area contributed by atoms with Gasteiger partial charge in [0.15, 0.2) is 5.79 Å². The Kier molecular flexibility index (Phi) is 3.27. The molecule has 0 aromatic carbocycles. The van der Waals surface area contributed by atoms with E-state index in [2.05, 4.69) is 6.58 Å². The van der Waals surface area contributed by atoms with Gasteiger partial charge in [-0.15, -0.1) is 0 Å². The van der Waals surface area contributed by atoms with Crippen molar-refractivity contribution < 1.29 is 19.0 Å². The second-order valence-corrected chi connectivity index (χ2v) is 5.32. The first-order valence-corrected chi connectivity index (χ1v) is 5.99. The van der Waals surface area contributed by atoms with Crippen molar-refractivity contribution in [3.63, 3.8) is 0 Å². The summed E-state index contributed by atoms with van der Waals surface area (Å²) in [5, 5.41) is 0. The zero-order valence-corrected chi connectivity index (χ0v) is 10.7. The minimum atomic E-state index is -0.546. The van der Waals surface area contributed by atoms with Crippen molar-refractivity contribution in [2.24, 2.45) is 11.8 Å². The maximum atomic E-state index is 11.7. The van der Waals surface area contributed by atoms with Gasteiger partial charge in [0.1, 0.15) is 0 Å². The average molecular weight is 240 g/mol. The summed E-state index contributed by atoms with van der Waals surface area (Å²) < 4.78 is 16.2. The van der Waals surface area contributed by atoms with Crippen LogP contribution in [0.3, 0.4) is 0 Å². The molecule has 1 heterocycles. The summed E-state index contributed by atoms with van der Waals surface area (Å²) >= 11 is 0. The summed E-state index contributed by atoms with van der Waals surface area (Å²) in [7, 11) is 1.43. The average Bonchev–Trinajstić information content (AvgIpc) is 2.80. The van der Waals surface area contributed by atoms with Crippen LogP contribution in [0.15, 0.2) is 12.2 Å². The highest BCUT2D eigenvalue weighted by Gasteiger charge is 2.46. The van der Waals surface area contributed by atoms with Gasteiger partial charge in [0.25, 0.3) is 0 Å². The van der Waals surface area contributed by atoms with Crippen molar-refractivity contribution in [1.29, 1.82) is 0 Å². The fourth-order valence-electron chi connectivity index (χ4n) is 2.75. The number of methoxy groups -OCH3 is 1. The number of carbonyl (C=O) groups excluding carboxylic acids is 1. The van der Waals surface area contributed by atoms with Gasteiger partial charge in [-0.1, -0.05) is 12.2 Å². The molecule has 0 aromatic heterocycles. The Bertz CT molecular complexity index is 334. The van der Waals surface area contributed by atoms with E-state index in [1.807, 2.05) is 13.8 Å². The molecule has 0 unspecified atom stereocenters. The van der Waals surface area contributed by atoms with Gasteiger partial charge in [-0.3, -0.25) is 4.79 Å². The molecule has 2 fully saturated rings. The molecule has 1 aliphatic heterocycles. The molecule has 2 aliphatic rings. The lowest BCUT2D eigenvalue weighted by molar-refractivity contribution is -0.157. The topological polar surface area (TPSA) is 44.8 Å². The van der Waals surface area contributed by atoms with Crippen LogP contribution in [0.25, 0.3) is 0 Å². The Labute approximate surface area is 102 Å². The second-order valence-electron chi connectivity index (χ2n) is 5.32. The molecule has 17 heavy (non-hydrogen) atoms. The van der Waals surface area contributed by atoms with Crippen molar-refractivity contribution in [2.45, 2.75) is 38.6 Å². The number of esters is 1. The van der Waals surface area contributed by atoms with Gasteiger partial charge in [0.05, 0.1) is 25.7 Å². The van der Waals surface area contributed by atoms with Crippen molar-refractivity contribution in [3.8, 4) is 0 Å². The van der Waals surface area contributed by atoms with Crippen LogP contribution in [-0.4, -0.2) is 31.6 Å². The summed E-state index contributed by atoms with van der Waals surface area (Å²) in [5.74, 6) is -0.705. The standard InChI is InChI=1S/C13H20O4/c1-8-5-9(10(6-8)12(14)15-4)11-7-16-13(2,3)17-11/h9-11H,1,5-7H2,2-4H3/t9-,10+,11-/m1/s1. The third kappa shape index (κ3) is 2.53. The van der Waals surface area contributed by atoms with E-state index >= 15 is 0 Å². The number of hydrogen-bond donors (Lipinski definition) is 0. The quantitative estimate of drug-likeness (QED) is 0.546. The lowest BCUT2D eigenvalue weighted by atomic mass is 9.91. The summed E-state index contributed by atoms with van der Waals surface area (Å²) in [6.45, 7) is 8.30. The summed E-state index contributed by atoms with van der Waals surface area (Å²) in [6.07, 6.45) is 1.50. The van der Waals surface area contributed by atoms with Crippen LogP contribution in [0.4, 0.5) is 0 Å². The van der Waals surface area contributed by atoms with Crippen molar-refractivity contribution in [1.82, 2.24) is 0 Å². The number of carbonyl (C=O) groups is 1. The lowest BCUT2D eigenvalue weighted by Crippen LogP contribution is -2.32. The molecule has 0 bridgehead atoms. The highest BCUT2D eigenvalue weighted by molar-refractivity contribution is 5.73. The Morgan fingerprint density at radius 3 is 2.71 bits per heavy atom. The Morgan fingerprint density at radius 1 is 1.47 bits per heavy atom. The maximum Gasteiger partial charge on any atom is 0.309 e. The van der Waals surface area contributed by atoms with Crippen LogP contribution in [-0.2, 0) is 19.0 Å². The minimum Gasteiger partial charge on any atom is -0.469 e. The number of rotatable bonds is 2. The van der Waals surface area contributed by atoms with Crippen LogP contribution in [0.5, 0.6) is 0 Å². The third-order valence-corrected chi connectivity index (χ3v) is 3.56. The van der Waals surface area contributed by atoms with Gasteiger partial charge >= 0.3 is 5.97 Å². The summed E-state index contributed by atoms with van der Waals surface area (Å²) in [4.78, 5) is 11.7. The predicted octanol–water partition coefficient (Wildman–Crippen LogP) is 1.89. The predicted molar refractivity (Wildman–Crippen MR) is 62.3 cm³/mol. The van der Waals surface area contributed by atoms with Crippen molar-refractivity contribution in [3.05, 3.63) is 12.2 Å². The molecule has 0 spiro atoms. The van der Waals surface area contributed by atoms with Crippen LogP contribution < -0.4 is 0 Å². The molecule has 0 aromatic rings. The summed E-state index contributed by atoms with van der Waals surface area (Å²) in [6, 6.07) is 0. The van der Waals surface area contributed by atoms with E-state index in [9.17, 15) is 4.79 Å². The molecule has 2 rings (SSSR count). The Morgan fingerprint density at radius 2 is 2.18 bits per heavy atom. The maximum absolute atomic E-state index is 11.7. The fourth-order valence-corrected chi connectivity index (χ4v) is 2.75. The van der Waals surface area contributed by atoms with Gasteiger partial charge in [0, 0.05) is 5.92 Å². The molecular formula is C13H20O4. The van der Waals surface area contributed by atoms with E-state index < -0.39 is 5.79 Å². The monoisotopic (exact) mass is 240 g/mol. The number of allylic oxidation sites excluding steroid dienone is 1. The zero-order chi connectivity index (χ0) is 12.6. The second kappa shape index (κ2) is 4.42. The van der Waals surface area contributed by atoms with Gasteiger partial charge in [-0.05, 0) is 26.7 Å². The molecular weight excluding hydrogens is 220 g/mol. The largest absolute Gasteiger partial charge is 0.469 e. The van der Waals surface area contributed by atoms with Gasteiger partial charge in [0.2, 0.25) is 0 Å². The normalized spacial score (nSPS) is 36.2. The van der Waals surface area contributed by atoms with E-state index in [0.717, 1.165) is 12.0 Å². The van der Waals surface area contributed by atoms with Crippen LogP contribution >= 0.6 is 0 Å². The van der Waals surface area contributed by atoms with Gasteiger partial charge in [-0.2, -0.15) is 0 Å². The van der Waals surface area contributed by atoms with E-state index in [-0.39, 0.29) is 23.9 Å². The molecule has 0 radical (unpaired) electrons. The molecule has 4 nitrogen and oxygen atoms in total. The van der Waals surface area contributed by atoms with E-state index in [1.54, 1.807) is 0 Å². The molecule has 0 amide bonds. The third-order valence-electron chi connectivity index (χ3n) is 3.56. The van der Waals surface area contributed by atoms with Gasteiger partial charge in [-0.25, -0.2) is 0 Å². The van der Waals surface area contributed by atoms with E-state index in [0.29, 0.717) is 13.0 Å². The smallest absolute Gasteiger partial charge is 0.309 e. The molecule has 1 saturated heterocycles. The first-order valence-electron chi connectivity index (χ1n) is 5.99. The zero-order valence-electron chi connectivity index (χ0n) is 10.7. The van der Waals surface area contributed by atoms with Crippen LogP contribution in [0.2, 0.25) is 0 Å². The molecule has 4 heteroatoms. The van der Waals surface area contributed by atoms with Gasteiger partial charge < -0.3 is 14.2 Å². The molecule has 3 atom stereocenters. The molecule has 0 N–H and O–H groups in total. The highest BCUT2D eigenvalue weighted by atomic mass is 16.7. The molecule has 1 aliphatic carbocycles. The Balaban J connectivity index is 2.09. The first-order chi connectivity index (χ1) is 7.93. The number of ether oxygens (including phenoxy) is 3. The minimum absolute atomic E-state index is 0.0339. The molecule has 1 saturated carbocycles. The summed E-state index contributed by atoms with van der Waals surface area (Å²) in [5.41, 5.74) is 1.10. The fraction of sp³-hybridized carbons (Fsp3) is 0.769. The van der Waals surface area contributed by atoms with Crippen LogP contribution in [0, 0.1) is 11.8 Å².